The molecule has 0 aliphatic carbocycles. The molecule has 186 valence electrons. The first-order valence-corrected chi connectivity index (χ1v) is 13.2. The van der Waals surface area contributed by atoms with Gasteiger partial charge in [-0.25, -0.2) is 8.42 Å². The molecule has 2 N–H and O–H groups in total. The van der Waals surface area contributed by atoms with Crippen molar-refractivity contribution in [3.63, 3.8) is 0 Å². The number of nitrogens with zero attached hydrogens (tertiary/aromatic N) is 1. The van der Waals surface area contributed by atoms with Gasteiger partial charge in [0.05, 0.1) is 22.8 Å². The average molecular weight is 521 g/mol. The molecule has 3 aromatic carbocycles. The Kier molecular flexibility index (Phi) is 9.11. The third kappa shape index (κ3) is 7.08. The zero-order chi connectivity index (χ0) is 26.3. The second-order valence-electron chi connectivity index (χ2n) is 8.53. The van der Waals surface area contributed by atoms with E-state index >= 15 is 0 Å². The molecule has 0 bridgehead atoms. The standard InChI is InChI=1S/C26H28BN3O4S2/c1-18(2)15-16-34-24-14-9-19(27)17-23(24)25(31)29-26(35)28-20-10-12-22(13-11-20)36(32,33)30(3)21-7-5-4-6-8-21/h4-14,17-18H,15-16H2,1-3H3,(H2,28,29,31,35). The van der Waals surface area contributed by atoms with Crippen LogP contribution in [0.3, 0.4) is 0 Å². The summed E-state index contributed by atoms with van der Waals surface area (Å²) in [6.07, 6.45) is 0.845. The Morgan fingerprint density at radius 3 is 2.36 bits per heavy atom. The summed E-state index contributed by atoms with van der Waals surface area (Å²) in [5, 5.41) is 5.56. The van der Waals surface area contributed by atoms with Gasteiger partial charge in [-0.05, 0) is 67.0 Å². The number of benzene rings is 3. The third-order valence-electron chi connectivity index (χ3n) is 5.32. The summed E-state index contributed by atoms with van der Waals surface area (Å²) in [5.41, 5.74) is 1.76. The fraction of sp³-hybridized carbons (Fsp3) is 0.231. The molecular weight excluding hydrogens is 493 g/mol. The molecule has 0 aromatic heterocycles. The van der Waals surface area contributed by atoms with E-state index in [1.54, 1.807) is 48.5 Å². The highest BCUT2D eigenvalue weighted by atomic mass is 32.2. The lowest BCUT2D eigenvalue weighted by Gasteiger charge is -2.19. The molecular formula is C26H28BN3O4S2. The van der Waals surface area contributed by atoms with Crippen LogP contribution in [0.25, 0.3) is 0 Å². The number of amides is 1. The lowest BCUT2D eigenvalue weighted by atomic mass is 9.94. The Morgan fingerprint density at radius 2 is 1.72 bits per heavy atom. The molecule has 10 heteroatoms. The lowest BCUT2D eigenvalue weighted by Crippen LogP contribution is -2.34. The summed E-state index contributed by atoms with van der Waals surface area (Å²) < 4.78 is 32.9. The van der Waals surface area contributed by atoms with E-state index < -0.39 is 15.9 Å². The maximum Gasteiger partial charge on any atom is 0.264 e. The highest BCUT2D eigenvalue weighted by molar-refractivity contribution is 7.92. The van der Waals surface area contributed by atoms with Crippen molar-refractivity contribution in [1.29, 1.82) is 0 Å². The van der Waals surface area contributed by atoms with Crippen LogP contribution < -0.4 is 25.1 Å². The fourth-order valence-corrected chi connectivity index (χ4v) is 4.64. The monoisotopic (exact) mass is 521 g/mol. The molecule has 0 aliphatic heterocycles. The second-order valence-corrected chi connectivity index (χ2v) is 10.9. The Balaban J connectivity index is 1.65. The van der Waals surface area contributed by atoms with Gasteiger partial charge in [-0.1, -0.05) is 49.6 Å². The van der Waals surface area contributed by atoms with Gasteiger partial charge < -0.3 is 10.1 Å². The van der Waals surface area contributed by atoms with Crippen LogP contribution in [-0.2, 0) is 10.0 Å². The molecule has 3 rings (SSSR count). The van der Waals surface area contributed by atoms with Crippen LogP contribution in [0.4, 0.5) is 11.4 Å². The van der Waals surface area contributed by atoms with E-state index in [1.165, 1.54) is 29.6 Å². The van der Waals surface area contributed by atoms with Crippen LogP contribution in [0, 0.1) is 5.92 Å². The summed E-state index contributed by atoms with van der Waals surface area (Å²) in [5.74, 6) is 0.415. The minimum Gasteiger partial charge on any atom is -0.493 e. The van der Waals surface area contributed by atoms with Gasteiger partial charge in [0, 0.05) is 12.7 Å². The van der Waals surface area contributed by atoms with E-state index in [2.05, 4.69) is 24.5 Å². The number of ether oxygens (including phenoxy) is 1. The van der Waals surface area contributed by atoms with Crippen LogP contribution in [-0.4, -0.2) is 40.9 Å². The minimum atomic E-state index is -3.74. The predicted molar refractivity (Wildman–Crippen MR) is 149 cm³/mol. The Bertz CT molecular complexity index is 1310. The summed E-state index contributed by atoms with van der Waals surface area (Å²) in [6.45, 7) is 4.65. The van der Waals surface area contributed by atoms with E-state index in [0.29, 0.717) is 35.1 Å². The van der Waals surface area contributed by atoms with Crippen molar-refractivity contribution >= 4 is 57.9 Å². The number of carbonyl (C=O) groups is 1. The van der Waals surface area contributed by atoms with Gasteiger partial charge in [0.15, 0.2) is 5.11 Å². The van der Waals surface area contributed by atoms with Gasteiger partial charge >= 0.3 is 0 Å². The molecule has 0 heterocycles. The third-order valence-corrected chi connectivity index (χ3v) is 7.32. The van der Waals surface area contributed by atoms with Crippen molar-refractivity contribution in [2.24, 2.45) is 5.92 Å². The van der Waals surface area contributed by atoms with Gasteiger partial charge in [0.25, 0.3) is 15.9 Å². The smallest absolute Gasteiger partial charge is 0.264 e. The predicted octanol–water partition coefficient (Wildman–Crippen LogP) is 3.86. The fourth-order valence-electron chi connectivity index (χ4n) is 3.23. The SMILES string of the molecule is [B]c1ccc(OCCC(C)C)c(C(=O)NC(=S)Nc2ccc(S(=O)(=O)N(C)c3ccccc3)cc2)c1. The van der Waals surface area contributed by atoms with Crippen molar-refractivity contribution in [3.8, 4) is 5.75 Å². The molecule has 36 heavy (non-hydrogen) atoms. The second kappa shape index (κ2) is 12.1. The first-order chi connectivity index (χ1) is 17.1. The quantitative estimate of drug-likeness (QED) is 0.329. The number of sulfonamides is 1. The highest BCUT2D eigenvalue weighted by Crippen LogP contribution is 2.23. The topological polar surface area (TPSA) is 87.7 Å². The summed E-state index contributed by atoms with van der Waals surface area (Å²) in [7, 11) is 3.63. The van der Waals surface area contributed by atoms with Crippen LogP contribution >= 0.6 is 12.2 Å². The molecule has 3 aromatic rings. The number of thiocarbonyl (C=S) groups is 1. The normalized spacial score (nSPS) is 11.1. The summed E-state index contributed by atoms with van der Waals surface area (Å²) in [4.78, 5) is 13.0. The first kappa shape index (κ1) is 27.2. The van der Waals surface area contributed by atoms with E-state index in [1.807, 2.05) is 6.07 Å². The Morgan fingerprint density at radius 1 is 1.06 bits per heavy atom. The van der Waals surface area contributed by atoms with Gasteiger partial charge in [-0.2, -0.15) is 0 Å². The molecule has 7 nitrogen and oxygen atoms in total. The lowest BCUT2D eigenvalue weighted by molar-refractivity contribution is 0.0973. The first-order valence-electron chi connectivity index (χ1n) is 11.4. The number of rotatable bonds is 9. The van der Waals surface area contributed by atoms with E-state index in [-0.39, 0.29) is 15.6 Å². The number of hydrogen-bond acceptors (Lipinski definition) is 5. The van der Waals surface area contributed by atoms with E-state index in [9.17, 15) is 13.2 Å². The molecule has 0 fully saturated rings. The summed E-state index contributed by atoms with van der Waals surface area (Å²) >= 11 is 5.28. The maximum atomic E-state index is 12.9. The van der Waals surface area contributed by atoms with Crippen molar-refractivity contribution in [1.82, 2.24) is 5.32 Å². The number of hydrogen-bond donors (Lipinski definition) is 2. The molecule has 0 atom stereocenters. The molecule has 1 amide bonds. The highest BCUT2D eigenvalue weighted by Gasteiger charge is 2.21. The van der Waals surface area contributed by atoms with Gasteiger partial charge in [0.2, 0.25) is 0 Å². The van der Waals surface area contributed by atoms with Crippen LogP contribution in [0.2, 0.25) is 0 Å². The summed E-state index contributed by atoms with van der Waals surface area (Å²) in [6, 6.07) is 19.8. The number of anilines is 2. The number of para-hydroxylation sites is 1. The van der Waals surface area contributed by atoms with Crippen molar-refractivity contribution in [2.45, 2.75) is 25.2 Å². The van der Waals surface area contributed by atoms with E-state index in [4.69, 9.17) is 24.8 Å². The molecule has 2 radical (unpaired) electrons. The van der Waals surface area contributed by atoms with Crippen LogP contribution in [0.5, 0.6) is 5.75 Å². The van der Waals surface area contributed by atoms with Crippen molar-refractivity contribution in [3.05, 3.63) is 78.4 Å². The molecule has 0 aliphatic rings. The largest absolute Gasteiger partial charge is 0.493 e. The number of carbonyl (C=O) groups excluding carboxylic acids is 1. The van der Waals surface area contributed by atoms with Gasteiger partial charge in [-0.3, -0.25) is 14.4 Å². The van der Waals surface area contributed by atoms with Gasteiger partial charge in [0.1, 0.15) is 13.6 Å². The zero-order valence-corrected chi connectivity index (χ0v) is 22.0. The van der Waals surface area contributed by atoms with Crippen LogP contribution in [0.1, 0.15) is 30.6 Å². The zero-order valence-electron chi connectivity index (χ0n) is 20.4. The Hall–Kier alpha value is -3.37. The molecule has 0 saturated carbocycles. The van der Waals surface area contributed by atoms with Crippen LogP contribution in [0.15, 0.2) is 77.7 Å². The molecule has 0 saturated heterocycles. The molecule has 0 spiro atoms. The number of nitrogens with one attached hydrogen (secondary N) is 2. The molecule has 0 unspecified atom stereocenters. The Labute approximate surface area is 219 Å². The van der Waals surface area contributed by atoms with Crippen molar-refractivity contribution in [2.75, 3.05) is 23.3 Å². The average Bonchev–Trinajstić information content (AvgIpc) is 2.85. The van der Waals surface area contributed by atoms with Gasteiger partial charge in [-0.15, -0.1) is 0 Å². The van der Waals surface area contributed by atoms with E-state index in [0.717, 1.165) is 6.42 Å². The van der Waals surface area contributed by atoms with Crippen molar-refractivity contribution < 1.29 is 17.9 Å². The minimum absolute atomic E-state index is 0.0487. The maximum absolute atomic E-state index is 12.9.